The molecule has 1 aromatic carbocycles. The number of anilines is 3. The minimum Gasteiger partial charge on any atom is -0.474 e. The monoisotopic (exact) mass is 404 g/mol. The molecule has 152 valence electrons. The van der Waals surface area contributed by atoms with Crippen molar-refractivity contribution in [2.24, 2.45) is 0 Å². The van der Waals surface area contributed by atoms with Crippen LogP contribution in [0.15, 0.2) is 54.9 Å². The van der Waals surface area contributed by atoms with E-state index < -0.39 is 11.9 Å². The Morgan fingerprint density at radius 3 is 2.67 bits per heavy atom. The Labute approximate surface area is 171 Å². The van der Waals surface area contributed by atoms with Crippen LogP contribution < -0.4 is 10.6 Å². The number of aromatic nitrogens is 4. The number of nitrogens with one attached hydrogen (secondary N) is 3. The smallest absolute Gasteiger partial charge is 0.394 e. The molecule has 3 aromatic heterocycles. The number of nitrogens with zero attached hydrogens (tertiary/aromatic N) is 3. The van der Waals surface area contributed by atoms with Gasteiger partial charge in [0.15, 0.2) is 11.6 Å². The van der Waals surface area contributed by atoms with Crippen molar-refractivity contribution in [1.82, 2.24) is 19.6 Å². The molecule has 0 unspecified atom stereocenters. The number of amides is 1. The predicted octanol–water partition coefficient (Wildman–Crippen LogP) is 2.92. The zero-order chi connectivity index (χ0) is 21.1. The third-order valence-corrected chi connectivity index (χ3v) is 4.59. The van der Waals surface area contributed by atoms with E-state index in [2.05, 4.69) is 20.8 Å². The van der Waals surface area contributed by atoms with Crippen LogP contribution in [0.2, 0.25) is 0 Å². The van der Waals surface area contributed by atoms with Gasteiger partial charge in [-0.05, 0) is 49.6 Å². The molecule has 0 radical (unpaired) electrons. The van der Waals surface area contributed by atoms with Crippen LogP contribution in [0.4, 0.5) is 17.3 Å². The third kappa shape index (κ3) is 4.30. The summed E-state index contributed by atoms with van der Waals surface area (Å²) in [5.74, 6) is -1.13. The average molecular weight is 404 g/mol. The van der Waals surface area contributed by atoms with Gasteiger partial charge in [0.05, 0.1) is 11.2 Å². The first-order valence-electron chi connectivity index (χ1n) is 9.37. The summed E-state index contributed by atoms with van der Waals surface area (Å²) in [4.78, 5) is 26.6. The first-order valence-corrected chi connectivity index (χ1v) is 9.37. The second-order valence-corrected chi connectivity index (χ2v) is 6.90. The number of carboxylic acid groups (broad SMARTS) is 1. The fourth-order valence-corrected chi connectivity index (χ4v) is 3.12. The topological polar surface area (TPSA) is 124 Å². The van der Waals surface area contributed by atoms with Gasteiger partial charge in [-0.1, -0.05) is 12.1 Å². The highest BCUT2D eigenvalue weighted by Gasteiger charge is 2.11. The van der Waals surface area contributed by atoms with Crippen molar-refractivity contribution in [2.45, 2.75) is 19.8 Å². The fourth-order valence-electron chi connectivity index (χ4n) is 3.12. The van der Waals surface area contributed by atoms with E-state index in [0.29, 0.717) is 17.9 Å². The van der Waals surface area contributed by atoms with Crippen LogP contribution in [-0.2, 0) is 22.4 Å². The maximum atomic E-state index is 11.2. The summed E-state index contributed by atoms with van der Waals surface area (Å²) < 4.78 is 2.02. The number of carbonyl (C=O) groups is 2. The second-order valence-electron chi connectivity index (χ2n) is 6.90. The van der Waals surface area contributed by atoms with Crippen LogP contribution in [0.5, 0.6) is 0 Å². The van der Waals surface area contributed by atoms with Gasteiger partial charge in [0.2, 0.25) is 0 Å². The Morgan fingerprint density at radius 2 is 1.97 bits per heavy atom. The predicted molar refractivity (Wildman–Crippen MR) is 112 cm³/mol. The number of fused-ring (bicyclic) bond motifs is 1. The van der Waals surface area contributed by atoms with Gasteiger partial charge in [-0.25, -0.2) is 9.78 Å². The van der Waals surface area contributed by atoms with E-state index in [9.17, 15) is 9.59 Å². The minimum absolute atomic E-state index is 0.443. The van der Waals surface area contributed by atoms with Gasteiger partial charge in [-0.15, -0.1) is 0 Å². The zero-order valence-electron chi connectivity index (χ0n) is 16.2. The number of benzene rings is 1. The van der Waals surface area contributed by atoms with Crippen molar-refractivity contribution < 1.29 is 14.7 Å². The SMILES string of the molecule is Cc1cc(Nc2nc(CCc3ccc(NC(=O)C(=O)O)cc3)cn3cccc23)n[nH]1. The summed E-state index contributed by atoms with van der Waals surface area (Å²) >= 11 is 0. The summed E-state index contributed by atoms with van der Waals surface area (Å²) in [6.45, 7) is 1.94. The lowest BCUT2D eigenvalue weighted by molar-refractivity contribution is -0.147. The quantitative estimate of drug-likeness (QED) is 0.366. The molecule has 0 bridgehead atoms. The number of aryl methyl sites for hydroxylation is 3. The molecule has 0 saturated heterocycles. The Bertz CT molecular complexity index is 1210. The Balaban J connectivity index is 1.47. The van der Waals surface area contributed by atoms with E-state index in [1.807, 2.05) is 54.0 Å². The van der Waals surface area contributed by atoms with Gasteiger partial charge in [0.1, 0.15) is 0 Å². The molecule has 3 heterocycles. The highest BCUT2D eigenvalue weighted by Crippen LogP contribution is 2.21. The summed E-state index contributed by atoms with van der Waals surface area (Å²) in [5, 5.41) is 21.4. The largest absolute Gasteiger partial charge is 0.474 e. The number of aliphatic carboxylic acids is 1. The Kier molecular flexibility index (Phi) is 5.17. The summed E-state index contributed by atoms with van der Waals surface area (Å²) in [5.41, 5.74) is 4.33. The molecule has 0 spiro atoms. The van der Waals surface area contributed by atoms with Crippen molar-refractivity contribution in [1.29, 1.82) is 0 Å². The highest BCUT2D eigenvalue weighted by molar-refractivity contribution is 6.36. The number of carboxylic acids is 1. The van der Waals surface area contributed by atoms with Crippen LogP contribution in [0, 0.1) is 6.92 Å². The number of aromatic amines is 1. The van der Waals surface area contributed by atoms with E-state index in [4.69, 9.17) is 10.1 Å². The van der Waals surface area contributed by atoms with Crippen LogP contribution in [0.25, 0.3) is 5.52 Å². The number of hydrogen-bond acceptors (Lipinski definition) is 5. The molecule has 4 N–H and O–H groups in total. The van der Waals surface area contributed by atoms with Crippen LogP contribution in [-0.4, -0.2) is 36.6 Å². The standard InChI is InChI=1S/C21H20N6O3/c1-13-11-18(26-25-13)24-19-17-3-2-10-27(17)12-16(22-19)9-6-14-4-7-15(8-5-14)23-20(28)21(29)30/h2-5,7-8,10-12H,6,9H2,1H3,(H,23,28)(H,29,30)(H2,22,24,25,26). The summed E-state index contributed by atoms with van der Waals surface area (Å²) in [6.07, 6.45) is 5.43. The van der Waals surface area contributed by atoms with E-state index in [1.165, 1.54) is 0 Å². The molecule has 0 aliphatic rings. The second kappa shape index (κ2) is 8.08. The molecule has 4 aromatic rings. The molecule has 1 amide bonds. The molecule has 9 nitrogen and oxygen atoms in total. The minimum atomic E-state index is -1.51. The lowest BCUT2D eigenvalue weighted by Gasteiger charge is -2.09. The highest BCUT2D eigenvalue weighted by atomic mass is 16.4. The molecule has 30 heavy (non-hydrogen) atoms. The van der Waals surface area contributed by atoms with Crippen molar-refractivity contribution in [3.05, 3.63) is 71.8 Å². The van der Waals surface area contributed by atoms with Gasteiger partial charge < -0.3 is 20.1 Å². The van der Waals surface area contributed by atoms with Crippen molar-refractivity contribution in [3.8, 4) is 0 Å². The number of H-pyrrole nitrogens is 1. The van der Waals surface area contributed by atoms with Crippen LogP contribution >= 0.6 is 0 Å². The summed E-state index contributed by atoms with van der Waals surface area (Å²) in [6, 6.07) is 13.0. The van der Waals surface area contributed by atoms with Crippen LogP contribution in [0.3, 0.4) is 0 Å². The van der Waals surface area contributed by atoms with Crippen molar-refractivity contribution in [2.75, 3.05) is 10.6 Å². The van der Waals surface area contributed by atoms with Gasteiger partial charge in [-0.3, -0.25) is 9.89 Å². The lowest BCUT2D eigenvalue weighted by Crippen LogP contribution is -2.21. The first kappa shape index (κ1) is 19.2. The number of hydrogen-bond donors (Lipinski definition) is 4. The molecule has 4 rings (SSSR count). The molecule has 9 heteroatoms. The fraction of sp³-hybridized carbons (Fsp3) is 0.143. The molecule has 0 aliphatic heterocycles. The number of rotatable bonds is 6. The van der Waals surface area contributed by atoms with Crippen molar-refractivity contribution in [3.63, 3.8) is 0 Å². The maximum Gasteiger partial charge on any atom is 0.394 e. The molecule has 0 fully saturated rings. The van der Waals surface area contributed by atoms with E-state index in [1.54, 1.807) is 12.1 Å². The molecule has 0 atom stereocenters. The van der Waals surface area contributed by atoms with Gasteiger partial charge in [0.25, 0.3) is 0 Å². The summed E-state index contributed by atoms with van der Waals surface area (Å²) in [7, 11) is 0. The van der Waals surface area contributed by atoms with Gasteiger partial charge in [-0.2, -0.15) is 5.10 Å². The van der Waals surface area contributed by atoms with E-state index in [-0.39, 0.29) is 0 Å². The number of carbonyl (C=O) groups excluding carboxylic acids is 1. The normalized spacial score (nSPS) is 10.8. The van der Waals surface area contributed by atoms with E-state index >= 15 is 0 Å². The van der Waals surface area contributed by atoms with Crippen molar-refractivity contribution >= 4 is 34.7 Å². The molecular weight excluding hydrogens is 384 g/mol. The van der Waals surface area contributed by atoms with Gasteiger partial charge >= 0.3 is 11.9 Å². The van der Waals surface area contributed by atoms with E-state index in [0.717, 1.165) is 34.7 Å². The Hall–Kier alpha value is -4.14. The maximum absolute atomic E-state index is 11.2. The Morgan fingerprint density at radius 1 is 1.17 bits per heavy atom. The lowest BCUT2D eigenvalue weighted by atomic mass is 10.1. The zero-order valence-corrected chi connectivity index (χ0v) is 16.2. The molecule has 0 saturated carbocycles. The van der Waals surface area contributed by atoms with Gasteiger partial charge in [0, 0.05) is 29.8 Å². The molecular formula is C21H20N6O3. The first-order chi connectivity index (χ1) is 14.5. The average Bonchev–Trinajstić information content (AvgIpc) is 3.36. The third-order valence-electron chi connectivity index (χ3n) is 4.59. The molecule has 0 aliphatic carbocycles. The van der Waals surface area contributed by atoms with Crippen LogP contribution in [0.1, 0.15) is 17.0 Å².